The van der Waals surface area contributed by atoms with E-state index in [0.29, 0.717) is 11.8 Å². The molecule has 1 N–H and O–H groups in total. The summed E-state index contributed by atoms with van der Waals surface area (Å²) in [6.45, 7) is 7.69. The lowest BCUT2D eigenvalue weighted by atomic mass is 9.70. The lowest BCUT2D eigenvalue weighted by molar-refractivity contribution is -0.0511. The highest BCUT2D eigenvalue weighted by atomic mass is 16.6. The average Bonchev–Trinajstić information content (AvgIpc) is 2.91. The van der Waals surface area contributed by atoms with Gasteiger partial charge in [0.1, 0.15) is 11.9 Å². The molecule has 1 heterocycles. The molecule has 5 nitrogen and oxygen atoms in total. The summed E-state index contributed by atoms with van der Waals surface area (Å²) in [5, 5.41) is 10.1. The van der Waals surface area contributed by atoms with Crippen LogP contribution in [0.5, 0.6) is 0 Å². The normalized spacial score (nSPS) is 23.9. The van der Waals surface area contributed by atoms with Crippen LogP contribution in [0.2, 0.25) is 0 Å². The minimum Gasteiger partial charge on any atom is -0.443 e. The second-order valence-corrected chi connectivity index (χ2v) is 7.14. The predicted molar refractivity (Wildman–Crippen MR) is 79.9 cm³/mol. The Balaban J connectivity index is 1.93. The Bertz CT molecular complexity index is 466. The quantitative estimate of drug-likeness (QED) is 0.929. The van der Waals surface area contributed by atoms with Crippen molar-refractivity contribution in [2.24, 2.45) is 11.8 Å². The molecule has 0 aromatic carbocycles. The van der Waals surface area contributed by atoms with E-state index in [2.05, 4.69) is 4.98 Å². The minimum atomic E-state index is -0.622. The third kappa shape index (κ3) is 3.84. The number of carbonyl (C=O) groups is 1. The van der Waals surface area contributed by atoms with Crippen LogP contribution in [0.1, 0.15) is 53.4 Å². The lowest BCUT2D eigenvalue weighted by Crippen LogP contribution is -2.42. The molecular formula is C16H26N2O3. The molecule has 1 aromatic rings. The maximum absolute atomic E-state index is 12.0. The van der Waals surface area contributed by atoms with Gasteiger partial charge >= 0.3 is 6.09 Å². The van der Waals surface area contributed by atoms with Gasteiger partial charge in [-0.2, -0.15) is 0 Å². The summed E-state index contributed by atoms with van der Waals surface area (Å²) >= 11 is 0. The van der Waals surface area contributed by atoms with Gasteiger partial charge in [-0.05, 0) is 65.2 Å². The predicted octanol–water partition coefficient (Wildman–Crippen LogP) is 3.22. The van der Waals surface area contributed by atoms with E-state index in [-0.39, 0.29) is 6.09 Å². The lowest BCUT2D eigenvalue weighted by Gasteiger charge is -2.41. The third-order valence-electron chi connectivity index (χ3n) is 4.77. The Morgan fingerprint density at radius 3 is 2.24 bits per heavy atom. The van der Waals surface area contributed by atoms with Crippen LogP contribution in [0.4, 0.5) is 4.79 Å². The van der Waals surface area contributed by atoms with E-state index in [1.807, 2.05) is 27.7 Å². The van der Waals surface area contributed by atoms with Gasteiger partial charge in [0.25, 0.3) is 0 Å². The van der Waals surface area contributed by atoms with Gasteiger partial charge < -0.3 is 9.84 Å². The molecule has 1 fully saturated rings. The van der Waals surface area contributed by atoms with E-state index in [0.717, 1.165) is 25.7 Å². The Kier molecular flexibility index (Phi) is 4.42. The fourth-order valence-electron chi connectivity index (χ4n) is 3.22. The first kappa shape index (κ1) is 16.0. The second-order valence-electron chi connectivity index (χ2n) is 7.14. The number of hydrogen-bond acceptors (Lipinski definition) is 4. The van der Waals surface area contributed by atoms with Gasteiger partial charge in [-0.1, -0.05) is 0 Å². The molecular weight excluding hydrogens is 268 g/mol. The van der Waals surface area contributed by atoms with Gasteiger partial charge in [0.05, 0.1) is 5.60 Å². The number of carbonyl (C=O) groups excluding carboxylic acids is 1. The number of rotatable bonds is 3. The van der Waals surface area contributed by atoms with Crippen molar-refractivity contribution in [2.75, 3.05) is 0 Å². The van der Waals surface area contributed by atoms with Crippen LogP contribution in [0.25, 0.3) is 0 Å². The molecule has 1 aliphatic carbocycles. The zero-order valence-corrected chi connectivity index (χ0v) is 13.4. The molecule has 2 rings (SSSR count). The zero-order chi connectivity index (χ0) is 15.7. The van der Waals surface area contributed by atoms with Crippen LogP contribution in [-0.2, 0) is 4.74 Å². The van der Waals surface area contributed by atoms with Gasteiger partial charge in [0.15, 0.2) is 0 Å². The van der Waals surface area contributed by atoms with Gasteiger partial charge in [0, 0.05) is 12.4 Å². The Labute approximate surface area is 126 Å². The first-order valence-electron chi connectivity index (χ1n) is 7.64. The van der Waals surface area contributed by atoms with E-state index in [9.17, 15) is 9.90 Å². The topological polar surface area (TPSA) is 64.3 Å². The Morgan fingerprint density at radius 1 is 1.19 bits per heavy atom. The number of hydrogen-bond donors (Lipinski definition) is 1. The first-order valence-corrected chi connectivity index (χ1v) is 7.64. The average molecular weight is 294 g/mol. The molecule has 0 saturated heterocycles. The summed E-state index contributed by atoms with van der Waals surface area (Å²) in [4.78, 5) is 15.9. The van der Waals surface area contributed by atoms with E-state index in [1.54, 1.807) is 12.4 Å². The van der Waals surface area contributed by atoms with Crippen LogP contribution < -0.4 is 0 Å². The molecule has 0 spiro atoms. The van der Waals surface area contributed by atoms with Gasteiger partial charge in [-0.15, -0.1) is 0 Å². The molecule has 0 atom stereocenters. The highest BCUT2D eigenvalue weighted by molar-refractivity contribution is 5.70. The number of aromatic nitrogens is 2. The third-order valence-corrected chi connectivity index (χ3v) is 4.77. The smallest absolute Gasteiger partial charge is 0.419 e. The number of imidazole rings is 1. The maximum atomic E-state index is 12.0. The van der Waals surface area contributed by atoms with Crippen LogP contribution >= 0.6 is 0 Å². The van der Waals surface area contributed by atoms with Gasteiger partial charge in [-0.25, -0.2) is 14.3 Å². The molecule has 0 aliphatic heterocycles. The molecule has 0 amide bonds. The van der Waals surface area contributed by atoms with Crippen molar-refractivity contribution >= 4 is 6.09 Å². The van der Waals surface area contributed by atoms with Crippen molar-refractivity contribution in [3.8, 4) is 0 Å². The Hall–Kier alpha value is -1.36. The van der Waals surface area contributed by atoms with Crippen molar-refractivity contribution in [1.29, 1.82) is 0 Å². The van der Waals surface area contributed by atoms with E-state index in [4.69, 9.17) is 4.74 Å². The molecule has 5 heteroatoms. The van der Waals surface area contributed by atoms with Gasteiger partial charge in [0.2, 0.25) is 0 Å². The molecule has 1 aromatic heterocycles. The van der Waals surface area contributed by atoms with E-state index >= 15 is 0 Å². The highest BCUT2D eigenvalue weighted by Gasteiger charge is 2.39. The van der Waals surface area contributed by atoms with Crippen LogP contribution in [0, 0.1) is 11.8 Å². The standard InChI is InChI=1S/C16H26N2O3/c1-15(2,20)12-5-7-13(8-6-12)16(3,4)21-14(19)18-10-9-17-11-18/h9-13,20H,5-8H2,1-4H3. The first-order chi connectivity index (χ1) is 9.70. The zero-order valence-electron chi connectivity index (χ0n) is 13.4. The molecule has 0 unspecified atom stereocenters. The molecule has 1 aliphatic rings. The highest BCUT2D eigenvalue weighted by Crippen LogP contribution is 2.40. The summed E-state index contributed by atoms with van der Waals surface area (Å²) in [6, 6.07) is 0. The fourth-order valence-corrected chi connectivity index (χ4v) is 3.22. The largest absolute Gasteiger partial charge is 0.443 e. The van der Waals surface area contributed by atoms with Crippen LogP contribution in [0.3, 0.4) is 0 Å². The fraction of sp³-hybridized carbons (Fsp3) is 0.750. The van der Waals surface area contributed by atoms with Crippen molar-refractivity contribution in [3.63, 3.8) is 0 Å². The molecule has 118 valence electrons. The number of aliphatic hydroxyl groups is 1. The van der Waals surface area contributed by atoms with E-state index < -0.39 is 11.2 Å². The number of ether oxygens (including phenoxy) is 1. The molecule has 1 saturated carbocycles. The number of nitrogens with zero attached hydrogens (tertiary/aromatic N) is 2. The monoisotopic (exact) mass is 294 g/mol. The SMILES string of the molecule is CC(C)(O)C1CCC(C(C)(C)OC(=O)n2ccnc2)CC1. The van der Waals surface area contributed by atoms with Crippen molar-refractivity contribution in [3.05, 3.63) is 18.7 Å². The molecule has 0 radical (unpaired) electrons. The molecule has 0 bridgehead atoms. The van der Waals surface area contributed by atoms with Gasteiger partial charge in [-0.3, -0.25) is 0 Å². The van der Waals surface area contributed by atoms with Crippen LogP contribution in [0.15, 0.2) is 18.7 Å². The Morgan fingerprint density at radius 2 is 1.76 bits per heavy atom. The minimum absolute atomic E-state index is 0.323. The van der Waals surface area contributed by atoms with E-state index in [1.165, 1.54) is 10.9 Å². The summed E-state index contributed by atoms with van der Waals surface area (Å²) < 4.78 is 7.02. The summed E-state index contributed by atoms with van der Waals surface area (Å²) in [7, 11) is 0. The summed E-state index contributed by atoms with van der Waals surface area (Å²) in [5.74, 6) is 0.650. The van der Waals surface area contributed by atoms with Crippen molar-refractivity contribution in [1.82, 2.24) is 9.55 Å². The van der Waals surface area contributed by atoms with Crippen molar-refractivity contribution < 1.29 is 14.6 Å². The maximum Gasteiger partial charge on any atom is 0.419 e. The molecule has 21 heavy (non-hydrogen) atoms. The summed E-state index contributed by atoms with van der Waals surface area (Å²) in [5.41, 5.74) is -1.13. The second kappa shape index (κ2) is 5.79. The summed E-state index contributed by atoms with van der Waals surface area (Å²) in [6.07, 6.45) is 8.09. The van der Waals surface area contributed by atoms with Crippen LogP contribution in [-0.4, -0.2) is 32.0 Å². The van der Waals surface area contributed by atoms with Crippen molar-refractivity contribution in [2.45, 2.75) is 64.6 Å².